The van der Waals surface area contributed by atoms with Gasteiger partial charge in [0.1, 0.15) is 0 Å². The number of para-hydroxylation sites is 1. The number of carbonyl (C=O) groups excluding carboxylic acids is 1. The maximum Gasteiger partial charge on any atom is 0.322 e. The van der Waals surface area contributed by atoms with Crippen molar-refractivity contribution >= 4 is 24.1 Å². The number of anilines is 1. The first-order chi connectivity index (χ1) is 12.3. The Balaban J connectivity index is 0.00000196. The van der Waals surface area contributed by atoms with Gasteiger partial charge in [0, 0.05) is 30.4 Å². The lowest BCUT2D eigenvalue weighted by Crippen LogP contribution is -2.52. The van der Waals surface area contributed by atoms with Crippen molar-refractivity contribution in [3.8, 4) is 0 Å². The summed E-state index contributed by atoms with van der Waals surface area (Å²) in [5.74, 6) is 0. The van der Waals surface area contributed by atoms with Crippen molar-refractivity contribution in [2.75, 3.05) is 25.0 Å². The highest BCUT2D eigenvalue weighted by Gasteiger charge is 2.38. The molecule has 0 aliphatic carbocycles. The van der Waals surface area contributed by atoms with Gasteiger partial charge in [-0.1, -0.05) is 55.5 Å². The van der Waals surface area contributed by atoms with E-state index in [-0.39, 0.29) is 30.5 Å². The van der Waals surface area contributed by atoms with Crippen LogP contribution in [0.15, 0.2) is 54.6 Å². The summed E-state index contributed by atoms with van der Waals surface area (Å²) in [6, 6.07) is 18.9. The summed E-state index contributed by atoms with van der Waals surface area (Å²) in [5.41, 5.74) is 3.30. The molecule has 26 heavy (non-hydrogen) atoms. The second kappa shape index (κ2) is 8.11. The molecule has 0 saturated carbocycles. The molecule has 2 aromatic rings. The van der Waals surface area contributed by atoms with Crippen molar-refractivity contribution in [1.29, 1.82) is 0 Å². The summed E-state index contributed by atoms with van der Waals surface area (Å²) < 4.78 is 0. The third kappa shape index (κ3) is 3.44. The van der Waals surface area contributed by atoms with E-state index in [4.69, 9.17) is 0 Å². The molecule has 0 aromatic heterocycles. The minimum Gasteiger partial charge on any atom is -0.310 e. The van der Waals surface area contributed by atoms with Crippen molar-refractivity contribution in [2.45, 2.75) is 31.8 Å². The summed E-state index contributed by atoms with van der Waals surface area (Å²) in [5, 5.41) is 3.11. The molecule has 2 aromatic carbocycles. The second-order valence-corrected chi connectivity index (χ2v) is 6.90. The number of piperidine rings is 1. The van der Waals surface area contributed by atoms with Crippen LogP contribution in [0.3, 0.4) is 0 Å². The van der Waals surface area contributed by atoms with Crippen LogP contribution < -0.4 is 5.32 Å². The Morgan fingerprint density at radius 1 is 1.00 bits per heavy atom. The van der Waals surface area contributed by atoms with Gasteiger partial charge in [-0.25, -0.2) is 4.79 Å². The van der Waals surface area contributed by atoms with Crippen molar-refractivity contribution in [3.63, 3.8) is 0 Å². The van der Waals surface area contributed by atoms with E-state index < -0.39 is 0 Å². The summed E-state index contributed by atoms with van der Waals surface area (Å²) in [4.78, 5) is 17.5. The summed E-state index contributed by atoms with van der Waals surface area (Å²) in [7, 11) is 0. The van der Waals surface area contributed by atoms with Crippen molar-refractivity contribution < 1.29 is 4.79 Å². The number of nitrogens with one attached hydrogen (secondary N) is 1. The monoisotopic (exact) mass is 371 g/mol. The van der Waals surface area contributed by atoms with Crippen LogP contribution in [0.4, 0.5) is 10.5 Å². The van der Waals surface area contributed by atoms with Crippen LogP contribution in [0.5, 0.6) is 0 Å². The van der Waals surface area contributed by atoms with Gasteiger partial charge in [-0.15, -0.1) is 12.4 Å². The Bertz CT molecular complexity index is 744. The van der Waals surface area contributed by atoms with Crippen LogP contribution >= 0.6 is 12.4 Å². The number of likely N-dealkylation sites (tertiary alicyclic amines) is 1. The number of carbonyl (C=O) groups is 1. The maximum atomic E-state index is 13.0. The molecule has 4 nitrogen and oxygen atoms in total. The lowest BCUT2D eigenvalue weighted by Gasteiger charge is -2.45. The molecule has 2 aliphatic heterocycles. The van der Waals surface area contributed by atoms with Crippen molar-refractivity contribution in [1.82, 2.24) is 9.80 Å². The third-order valence-electron chi connectivity index (χ3n) is 5.52. The standard InChI is InChI=1S/C21H25N3O.ClH/c1-2-23-14-12-17(13-15-23)24-20(16-8-4-3-5-9-16)18-10-6-7-11-19(18)22-21(24)25;/h3-11,17,20H,2,12-15H2,1H3,(H,22,25);1H. The summed E-state index contributed by atoms with van der Waals surface area (Å²) in [6.45, 7) is 5.42. The topological polar surface area (TPSA) is 35.6 Å². The fourth-order valence-electron chi connectivity index (χ4n) is 4.16. The molecule has 1 atom stereocenters. The number of hydrogen-bond acceptors (Lipinski definition) is 2. The van der Waals surface area contributed by atoms with E-state index >= 15 is 0 Å². The third-order valence-corrected chi connectivity index (χ3v) is 5.52. The highest BCUT2D eigenvalue weighted by molar-refractivity contribution is 5.93. The highest BCUT2D eigenvalue weighted by atomic mass is 35.5. The molecule has 138 valence electrons. The summed E-state index contributed by atoms with van der Waals surface area (Å²) in [6.07, 6.45) is 2.07. The first-order valence-corrected chi connectivity index (χ1v) is 9.23. The van der Waals surface area contributed by atoms with Crippen LogP contribution in [0.2, 0.25) is 0 Å². The first kappa shape index (κ1) is 18.7. The fraction of sp³-hybridized carbons (Fsp3) is 0.381. The molecule has 2 amide bonds. The molecule has 4 rings (SSSR count). The fourth-order valence-corrected chi connectivity index (χ4v) is 4.16. The normalized spacial score (nSPS) is 20.9. The largest absolute Gasteiger partial charge is 0.322 e. The van der Waals surface area contributed by atoms with Crippen LogP contribution in [-0.2, 0) is 0 Å². The van der Waals surface area contributed by atoms with Gasteiger partial charge in [-0.2, -0.15) is 0 Å². The number of rotatable bonds is 3. The van der Waals surface area contributed by atoms with Gasteiger partial charge in [-0.3, -0.25) is 0 Å². The van der Waals surface area contributed by atoms with E-state index in [1.165, 1.54) is 11.1 Å². The number of fused-ring (bicyclic) bond motifs is 1. The van der Waals surface area contributed by atoms with Crippen LogP contribution in [0.1, 0.15) is 36.9 Å². The van der Waals surface area contributed by atoms with E-state index in [2.05, 4.69) is 58.4 Å². The zero-order valence-electron chi connectivity index (χ0n) is 15.1. The van der Waals surface area contributed by atoms with Crippen molar-refractivity contribution in [2.24, 2.45) is 0 Å². The molecule has 2 aliphatic rings. The molecule has 1 fully saturated rings. The molecule has 1 unspecified atom stereocenters. The predicted molar refractivity (Wildman–Crippen MR) is 108 cm³/mol. The number of hydrogen-bond donors (Lipinski definition) is 1. The quantitative estimate of drug-likeness (QED) is 0.860. The zero-order valence-corrected chi connectivity index (χ0v) is 15.9. The average molecular weight is 372 g/mol. The summed E-state index contributed by atoms with van der Waals surface area (Å²) >= 11 is 0. The lowest BCUT2D eigenvalue weighted by molar-refractivity contribution is 0.111. The second-order valence-electron chi connectivity index (χ2n) is 6.90. The zero-order chi connectivity index (χ0) is 17.2. The van der Waals surface area contributed by atoms with Gasteiger partial charge >= 0.3 is 6.03 Å². The number of benzene rings is 2. The van der Waals surface area contributed by atoms with Gasteiger partial charge in [0.05, 0.1) is 6.04 Å². The Hall–Kier alpha value is -2.04. The van der Waals surface area contributed by atoms with E-state index in [1.54, 1.807) is 0 Å². The number of nitrogens with zero attached hydrogens (tertiary/aromatic N) is 2. The van der Waals surface area contributed by atoms with E-state index in [0.717, 1.165) is 38.2 Å². The van der Waals surface area contributed by atoms with Gasteiger partial charge < -0.3 is 15.1 Å². The molecule has 1 N–H and O–H groups in total. The van der Waals surface area contributed by atoms with E-state index in [0.29, 0.717) is 0 Å². The minimum atomic E-state index is -0.00988. The van der Waals surface area contributed by atoms with E-state index in [9.17, 15) is 4.79 Å². The molecule has 2 heterocycles. The predicted octanol–water partition coefficient (Wildman–Crippen LogP) is 4.53. The first-order valence-electron chi connectivity index (χ1n) is 9.23. The number of urea groups is 1. The maximum absolute atomic E-state index is 13.0. The number of halogens is 1. The van der Waals surface area contributed by atoms with Gasteiger partial charge in [0.15, 0.2) is 0 Å². The van der Waals surface area contributed by atoms with Crippen molar-refractivity contribution in [3.05, 3.63) is 65.7 Å². The van der Waals surface area contributed by atoms with Crippen LogP contribution in [0.25, 0.3) is 0 Å². The molecular weight excluding hydrogens is 346 g/mol. The molecule has 0 bridgehead atoms. The molecule has 0 radical (unpaired) electrons. The molecular formula is C21H26ClN3O. The Morgan fingerprint density at radius 2 is 1.65 bits per heavy atom. The molecule has 1 saturated heterocycles. The Morgan fingerprint density at radius 3 is 2.35 bits per heavy atom. The highest BCUT2D eigenvalue weighted by Crippen LogP contribution is 2.40. The van der Waals surface area contributed by atoms with E-state index in [1.807, 2.05) is 18.2 Å². The van der Waals surface area contributed by atoms with Crippen LogP contribution in [0, 0.1) is 0 Å². The lowest BCUT2D eigenvalue weighted by atomic mass is 9.90. The Kier molecular flexibility index (Phi) is 5.84. The smallest absolute Gasteiger partial charge is 0.310 e. The van der Waals surface area contributed by atoms with Gasteiger partial charge in [-0.05, 0) is 31.0 Å². The Labute approximate surface area is 161 Å². The van der Waals surface area contributed by atoms with Gasteiger partial charge in [0.2, 0.25) is 0 Å². The molecule has 0 spiro atoms. The number of amides is 2. The van der Waals surface area contributed by atoms with Gasteiger partial charge in [0.25, 0.3) is 0 Å². The minimum absolute atomic E-state index is 0. The van der Waals surface area contributed by atoms with Crippen LogP contribution in [-0.4, -0.2) is 41.5 Å². The molecule has 5 heteroatoms. The SMILES string of the molecule is CCN1CCC(N2C(=O)Nc3ccccc3C2c2ccccc2)CC1.Cl. The average Bonchev–Trinajstić information content (AvgIpc) is 2.68.